The van der Waals surface area contributed by atoms with Crippen LogP contribution in [0.25, 0.3) is 0 Å². The summed E-state index contributed by atoms with van der Waals surface area (Å²) < 4.78 is 5.78. The average Bonchev–Trinajstić information content (AvgIpc) is 2.86. The van der Waals surface area contributed by atoms with Crippen molar-refractivity contribution in [3.8, 4) is 5.75 Å². The minimum atomic E-state index is -0.758. The summed E-state index contributed by atoms with van der Waals surface area (Å²) in [4.78, 5) is 12.1. The van der Waals surface area contributed by atoms with Crippen LogP contribution >= 0.6 is 0 Å². The zero-order valence-corrected chi connectivity index (χ0v) is 11.6. The highest BCUT2D eigenvalue weighted by molar-refractivity contribution is 5.85. The molecule has 0 saturated carbocycles. The van der Waals surface area contributed by atoms with Crippen LogP contribution in [0.2, 0.25) is 0 Å². The molecule has 1 amide bonds. The Labute approximate surface area is 114 Å². The van der Waals surface area contributed by atoms with Gasteiger partial charge < -0.3 is 15.8 Å². The topological polar surface area (TPSA) is 64.4 Å². The fourth-order valence-corrected chi connectivity index (χ4v) is 2.32. The molecule has 104 valence electrons. The third-order valence-corrected chi connectivity index (χ3v) is 3.92. The lowest BCUT2D eigenvalue weighted by molar-refractivity contribution is -0.126. The third-order valence-electron chi connectivity index (χ3n) is 3.92. The lowest BCUT2D eigenvalue weighted by atomic mass is 9.93. The third kappa shape index (κ3) is 2.89. The summed E-state index contributed by atoms with van der Waals surface area (Å²) in [6, 6.07) is 7.98. The molecular weight excluding hydrogens is 240 g/mol. The Morgan fingerprint density at radius 3 is 2.74 bits per heavy atom. The van der Waals surface area contributed by atoms with Crippen molar-refractivity contribution in [2.75, 3.05) is 6.54 Å². The van der Waals surface area contributed by atoms with Crippen LogP contribution in [0, 0.1) is 0 Å². The number of rotatable bonds is 5. The molecule has 1 unspecified atom stereocenters. The molecule has 4 heteroatoms. The van der Waals surface area contributed by atoms with Crippen molar-refractivity contribution in [2.45, 2.75) is 44.8 Å². The van der Waals surface area contributed by atoms with E-state index in [9.17, 15) is 4.79 Å². The molecule has 4 nitrogen and oxygen atoms in total. The Hall–Kier alpha value is -1.55. The molecule has 0 saturated heterocycles. The van der Waals surface area contributed by atoms with Crippen LogP contribution in [0.3, 0.4) is 0 Å². The monoisotopic (exact) mass is 262 g/mol. The smallest absolute Gasteiger partial charge is 0.240 e. The standard InChI is InChI=1S/C15H22N2O2/c1-3-15(16,4-2)14(18)17-10-12-9-11-7-5-6-8-13(11)19-12/h5-8,12H,3-4,9-10,16H2,1-2H3,(H,17,18). The van der Waals surface area contributed by atoms with Crippen molar-refractivity contribution in [1.29, 1.82) is 0 Å². The number of carbonyl (C=O) groups excluding carboxylic acids is 1. The minimum absolute atomic E-state index is 0.0133. The Kier molecular flexibility index (Phi) is 4.10. The number of benzene rings is 1. The molecule has 1 atom stereocenters. The molecule has 19 heavy (non-hydrogen) atoms. The first kappa shape index (κ1) is 13.9. The lowest BCUT2D eigenvalue weighted by Crippen LogP contribution is -2.54. The zero-order chi connectivity index (χ0) is 13.9. The number of nitrogens with two attached hydrogens (primary N) is 1. The van der Waals surface area contributed by atoms with E-state index in [2.05, 4.69) is 11.4 Å². The molecule has 0 fully saturated rings. The van der Waals surface area contributed by atoms with Crippen molar-refractivity contribution in [3.05, 3.63) is 29.8 Å². The first-order valence-corrected chi connectivity index (χ1v) is 6.90. The number of carbonyl (C=O) groups is 1. The molecular formula is C15H22N2O2. The normalized spacial score (nSPS) is 17.7. The molecule has 0 aliphatic carbocycles. The Morgan fingerprint density at radius 2 is 2.11 bits per heavy atom. The van der Waals surface area contributed by atoms with E-state index in [-0.39, 0.29) is 12.0 Å². The van der Waals surface area contributed by atoms with Crippen LogP contribution in [0.5, 0.6) is 5.75 Å². The maximum Gasteiger partial charge on any atom is 0.240 e. The number of amides is 1. The van der Waals surface area contributed by atoms with Crippen molar-refractivity contribution in [2.24, 2.45) is 5.73 Å². The second-order valence-corrected chi connectivity index (χ2v) is 5.12. The SMILES string of the molecule is CCC(N)(CC)C(=O)NCC1Cc2ccccc2O1. The van der Waals surface area contributed by atoms with Gasteiger partial charge in [-0.05, 0) is 24.5 Å². The molecule has 1 aliphatic heterocycles. The summed E-state index contributed by atoms with van der Waals surface area (Å²) in [7, 11) is 0. The van der Waals surface area contributed by atoms with E-state index in [1.807, 2.05) is 32.0 Å². The Morgan fingerprint density at radius 1 is 1.42 bits per heavy atom. The van der Waals surface area contributed by atoms with Crippen LogP contribution < -0.4 is 15.8 Å². The predicted octanol–water partition coefficient (Wildman–Crippen LogP) is 1.62. The van der Waals surface area contributed by atoms with E-state index in [1.54, 1.807) is 0 Å². The largest absolute Gasteiger partial charge is 0.488 e. The van der Waals surface area contributed by atoms with Gasteiger partial charge in [0.1, 0.15) is 11.9 Å². The van der Waals surface area contributed by atoms with Gasteiger partial charge in [0.05, 0.1) is 12.1 Å². The van der Waals surface area contributed by atoms with Crippen molar-refractivity contribution < 1.29 is 9.53 Å². The van der Waals surface area contributed by atoms with Crippen molar-refractivity contribution in [1.82, 2.24) is 5.32 Å². The first-order chi connectivity index (χ1) is 9.09. The maximum absolute atomic E-state index is 12.1. The van der Waals surface area contributed by atoms with Gasteiger partial charge in [0.25, 0.3) is 0 Å². The van der Waals surface area contributed by atoms with Gasteiger partial charge in [-0.25, -0.2) is 0 Å². The summed E-state index contributed by atoms with van der Waals surface area (Å²) in [6.07, 6.45) is 2.13. The molecule has 0 bridgehead atoms. The Balaban J connectivity index is 1.87. The van der Waals surface area contributed by atoms with Gasteiger partial charge in [-0.1, -0.05) is 32.0 Å². The average molecular weight is 262 g/mol. The fraction of sp³-hybridized carbons (Fsp3) is 0.533. The Bertz CT molecular complexity index is 430. The minimum Gasteiger partial charge on any atom is -0.488 e. The van der Waals surface area contributed by atoms with Crippen molar-refractivity contribution >= 4 is 5.91 Å². The maximum atomic E-state index is 12.1. The molecule has 0 radical (unpaired) electrons. The number of fused-ring (bicyclic) bond motifs is 1. The van der Waals surface area contributed by atoms with E-state index < -0.39 is 5.54 Å². The molecule has 1 aliphatic rings. The summed E-state index contributed by atoms with van der Waals surface area (Å²) in [5.74, 6) is 0.837. The summed E-state index contributed by atoms with van der Waals surface area (Å²) in [5.41, 5.74) is 6.50. The fourth-order valence-electron chi connectivity index (χ4n) is 2.32. The molecule has 1 heterocycles. The first-order valence-electron chi connectivity index (χ1n) is 6.90. The van der Waals surface area contributed by atoms with Gasteiger partial charge in [-0.15, -0.1) is 0 Å². The van der Waals surface area contributed by atoms with Crippen LogP contribution in [-0.4, -0.2) is 24.1 Å². The van der Waals surface area contributed by atoms with E-state index in [0.717, 1.165) is 12.2 Å². The zero-order valence-electron chi connectivity index (χ0n) is 11.6. The second-order valence-electron chi connectivity index (χ2n) is 5.12. The summed E-state index contributed by atoms with van der Waals surface area (Å²) in [5, 5.41) is 2.91. The number of hydrogen-bond acceptors (Lipinski definition) is 3. The molecule has 1 aromatic carbocycles. The predicted molar refractivity (Wildman–Crippen MR) is 75.1 cm³/mol. The van der Waals surface area contributed by atoms with E-state index in [1.165, 1.54) is 5.56 Å². The number of hydrogen-bond donors (Lipinski definition) is 2. The van der Waals surface area contributed by atoms with Gasteiger partial charge >= 0.3 is 0 Å². The summed E-state index contributed by atoms with van der Waals surface area (Å²) >= 11 is 0. The van der Waals surface area contributed by atoms with E-state index >= 15 is 0 Å². The number of para-hydroxylation sites is 1. The van der Waals surface area contributed by atoms with Gasteiger partial charge in [-0.3, -0.25) is 4.79 Å². The number of ether oxygens (including phenoxy) is 1. The second kappa shape index (κ2) is 5.61. The highest BCUT2D eigenvalue weighted by Gasteiger charge is 2.31. The highest BCUT2D eigenvalue weighted by atomic mass is 16.5. The number of nitrogens with one attached hydrogen (secondary N) is 1. The lowest BCUT2D eigenvalue weighted by Gasteiger charge is -2.25. The van der Waals surface area contributed by atoms with Gasteiger partial charge in [0.15, 0.2) is 0 Å². The highest BCUT2D eigenvalue weighted by Crippen LogP contribution is 2.27. The van der Waals surface area contributed by atoms with Crippen molar-refractivity contribution in [3.63, 3.8) is 0 Å². The quantitative estimate of drug-likeness (QED) is 0.847. The van der Waals surface area contributed by atoms with Gasteiger partial charge in [-0.2, -0.15) is 0 Å². The van der Waals surface area contributed by atoms with E-state index in [0.29, 0.717) is 19.4 Å². The van der Waals surface area contributed by atoms with Crippen LogP contribution in [0.15, 0.2) is 24.3 Å². The van der Waals surface area contributed by atoms with Crippen LogP contribution in [-0.2, 0) is 11.2 Å². The van der Waals surface area contributed by atoms with Gasteiger partial charge in [0, 0.05) is 6.42 Å². The van der Waals surface area contributed by atoms with Gasteiger partial charge in [0.2, 0.25) is 5.91 Å². The molecule has 1 aromatic rings. The molecule has 0 spiro atoms. The molecule has 0 aromatic heterocycles. The summed E-state index contributed by atoms with van der Waals surface area (Å²) in [6.45, 7) is 4.38. The molecule has 3 N–H and O–H groups in total. The molecule has 2 rings (SSSR count). The van der Waals surface area contributed by atoms with Crippen LogP contribution in [0.1, 0.15) is 32.3 Å². The van der Waals surface area contributed by atoms with Crippen LogP contribution in [0.4, 0.5) is 0 Å². The van der Waals surface area contributed by atoms with E-state index in [4.69, 9.17) is 10.5 Å².